The van der Waals surface area contributed by atoms with Gasteiger partial charge in [0.15, 0.2) is 0 Å². The molecule has 0 radical (unpaired) electrons. The van der Waals surface area contributed by atoms with Crippen LogP contribution in [0.5, 0.6) is 0 Å². The van der Waals surface area contributed by atoms with Gasteiger partial charge in [-0.3, -0.25) is 0 Å². The topological polar surface area (TPSA) is 29.4 Å². The molecule has 0 N–H and O–H groups in total. The molecule has 0 fully saturated rings. The minimum absolute atomic E-state index is 0.280. The summed E-state index contributed by atoms with van der Waals surface area (Å²) < 4.78 is 15.9. The Kier molecular flexibility index (Phi) is 4.22. The lowest BCUT2D eigenvalue weighted by molar-refractivity contribution is 0.650. The predicted octanol–water partition coefficient (Wildman–Crippen LogP) is 3.41. The van der Waals surface area contributed by atoms with Crippen LogP contribution >= 0.6 is 11.3 Å². The average molecular weight is 243 g/mol. The average Bonchev–Trinajstić information content (AvgIpc) is 2.64. The minimum Gasteiger partial charge on any atom is -0.234 e. The lowest BCUT2D eigenvalue weighted by atomic mass is 10.2. The molecule has 4 heteroatoms. The van der Waals surface area contributed by atoms with E-state index in [4.69, 9.17) is 0 Å². The van der Waals surface area contributed by atoms with Gasteiger partial charge in [0.2, 0.25) is 0 Å². The standard InChI is InChI=1S/C11H17NOS2/c1-5-9(10-7-6-8-14-10)12-15(13)11(2,3)4/h6-8H,5H2,1-4H3/b12-9-. The van der Waals surface area contributed by atoms with Gasteiger partial charge in [-0.1, -0.05) is 13.0 Å². The molecule has 0 aromatic carbocycles. The molecule has 0 spiro atoms. The van der Waals surface area contributed by atoms with Crippen LogP contribution in [0.1, 0.15) is 39.0 Å². The van der Waals surface area contributed by atoms with Crippen LogP contribution in [0, 0.1) is 0 Å². The molecule has 1 atom stereocenters. The van der Waals surface area contributed by atoms with Gasteiger partial charge in [0.25, 0.3) is 0 Å². The summed E-state index contributed by atoms with van der Waals surface area (Å²) in [6, 6.07) is 4.01. The summed E-state index contributed by atoms with van der Waals surface area (Å²) in [7, 11) is -1.16. The zero-order chi connectivity index (χ0) is 11.5. The molecule has 1 rings (SSSR count). The second-order valence-corrected chi connectivity index (χ2v) is 7.08. The van der Waals surface area contributed by atoms with Crippen molar-refractivity contribution in [3.63, 3.8) is 0 Å². The number of thiophene rings is 1. The molecule has 1 unspecified atom stereocenters. The van der Waals surface area contributed by atoms with Gasteiger partial charge in [0.1, 0.15) is 11.0 Å². The third-order valence-electron chi connectivity index (χ3n) is 1.86. The van der Waals surface area contributed by atoms with Crippen LogP contribution in [0.15, 0.2) is 21.9 Å². The first-order chi connectivity index (χ1) is 6.95. The van der Waals surface area contributed by atoms with Crippen molar-refractivity contribution < 1.29 is 4.21 Å². The molecule has 1 aromatic heterocycles. The SMILES string of the molecule is CC/C(=N/S(=O)C(C)(C)C)c1cccs1. The highest BCUT2D eigenvalue weighted by molar-refractivity contribution is 7.85. The molecule has 0 saturated heterocycles. The van der Waals surface area contributed by atoms with Crippen LogP contribution in [-0.4, -0.2) is 14.7 Å². The van der Waals surface area contributed by atoms with Crippen molar-refractivity contribution in [2.45, 2.75) is 38.9 Å². The molecule has 1 aromatic rings. The molecule has 0 bridgehead atoms. The van der Waals surface area contributed by atoms with Crippen molar-refractivity contribution in [3.05, 3.63) is 22.4 Å². The summed E-state index contributed by atoms with van der Waals surface area (Å²) in [5.74, 6) is 0. The predicted molar refractivity (Wildman–Crippen MR) is 69.0 cm³/mol. The Labute approximate surface area is 98.0 Å². The normalized spacial score (nSPS) is 15.3. The summed E-state index contributed by atoms with van der Waals surface area (Å²) >= 11 is 1.64. The van der Waals surface area contributed by atoms with Gasteiger partial charge >= 0.3 is 0 Å². The van der Waals surface area contributed by atoms with Crippen LogP contribution in [0.2, 0.25) is 0 Å². The van der Waals surface area contributed by atoms with Gasteiger partial charge in [0, 0.05) is 4.88 Å². The monoisotopic (exact) mass is 243 g/mol. The first-order valence-electron chi connectivity index (χ1n) is 4.98. The molecule has 15 heavy (non-hydrogen) atoms. The van der Waals surface area contributed by atoms with Gasteiger partial charge in [-0.2, -0.15) is 4.40 Å². The van der Waals surface area contributed by atoms with Gasteiger partial charge < -0.3 is 0 Å². The Morgan fingerprint density at radius 3 is 2.60 bits per heavy atom. The lowest BCUT2D eigenvalue weighted by Gasteiger charge is -2.14. The van der Waals surface area contributed by atoms with E-state index in [1.165, 1.54) is 0 Å². The number of nitrogens with zero attached hydrogens (tertiary/aromatic N) is 1. The molecule has 0 saturated carbocycles. The Balaban J connectivity index is 2.94. The van der Waals surface area contributed by atoms with Crippen molar-refractivity contribution in [1.82, 2.24) is 0 Å². The molecule has 1 heterocycles. The maximum atomic E-state index is 11.9. The Morgan fingerprint density at radius 1 is 1.53 bits per heavy atom. The fourth-order valence-electron chi connectivity index (χ4n) is 0.964. The molecule has 0 aliphatic rings. The molecular formula is C11H17NOS2. The van der Waals surface area contributed by atoms with Gasteiger partial charge in [0.05, 0.1) is 10.5 Å². The first-order valence-corrected chi connectivity index (χ1v) is 6.97. The molecular weight excluding hydrogens is 226 g/mol. The number of hydrogen-bond donors (Lipinski definition) is 0. The zero-order valence-electron chi connectivity index (χ0n) is 9.61. The fourth-order valence-corrected chi connectivity index (χ4v) is 2.51. The van der Waals surface area contributed by atoms with E-state index in [-0.39, 0.29) is 4.75 Å². The third kappa shape index (κ3) is 3.54. The van der Waals surface area contributed by atoms with E-state index >= 15 is 0 Å². The molecule has 84 valence electrons. The molecule has 0 amide bonds. The zero-order valence-corrected chi connectivity index (χ0v) is 11.2. The van der Waals surface area contributed by atoms with Crippen LogP contribution < -0.4 is 0 Å². The van der Waals surface area contributed by atoms with Crippen molar-refractivity contribution in [1.29, 1.82) is 0 Å². The Bertz CT molecular complexity index is 360. The number of hydrogen-bond acceptors (Lipinski definition) is 2. The Hall–Kier alpha value is -0.480. The van der Waals surface area contributed by atoms with Crippen LogP contribution in [0.4, 0.5) is 0 Å². The summed E-state index contributed by atoms with van der Waals surface area (Å²) in [5, 5.41) is 2.01. The largest absolute Gasteiger partial charge is 0.234 e. The summed E-state index contributed by atoms with van der Waals surface area (Å²) in [6.45, 7) is 7.86. The summed E-state index contributed by atoms with van der Waals surface area (Å²) in [5.41, 5.74) is 0.943. The van der Waals surface area contributed by atoms with Crippen molar-refractivity contribution in [2.24, 2.45) is 4.40 Å². The van der Waals surface area contributed by atoms with E-state index in [9.17, 15) is 4.21 Å². The minimum atomic E-state index is -1.16. The van der Waals surface area contributed by atoms with E-state index in [0.717, 1.165) is 17.0 Å². The van der Waals surface area contributed by atoms with E-state index < -0.39 is 11.0 Å². The fraction of sp³-hybridized carbons (Fsp3) is 0.545. The maximum Gasteiger partial charge on any atom is 0.145 e. The van der Waals surface area contributed by atoms with Crippen LogP contribution in [0.3, 0.4) is 0 Å². The maximum absolute atomic E-state index is 11.9. The highest BCUT2D eigenvalue weighted by Gasteiger charge is 2.19. The van der Waals surface area contributed by atoms with Crippen LogP contribution in [0.25, 0.3) is 0 Å². The second-order valence-electron chi connectivity index (χ2n) is 4.23. The highest BCUT2D eigenvalue weighted by atomic mass is 32.2. The third-order valence-corrected chi connectivity index (χ3v) is 4.21. The van der Waals surface area contributed by atoms with Gasteiger partial charge in [-0.05, 0) is 38.6 Å². The number of rotatable bonds is 3. The van der Waals surface area contributed by atoms with Gasteiger partial charge in [-0.25, -0.2) is 4.21 Å². The molecule has 0 aliphatic heterocycles. The quantitative estimate of drug-likeness (QED) is 0.748. The van der Waals surface area contributed by atoms with Gasteiger partial charge in [-0.15, -0.1) is 11.3 Å². The lowest BCUT2D eigenvalue weighted by Crippen LogP contribution is -2.20. The Morgan fingerprint density at radius 2 is 2.20 bits per heavy atom. The van der Waals surface area contributed by atoms with E-state index in [1.807, 2.05) is 45.2 Å². The van der Waals surface area contributed by atoms with Crippen molar-refractivity contribution in [3.8, 4) is 0 Å². The van der Waals surface area contributed by atoms with Crippen molar-refractivity contribution in [2.75, 3.05) is 0 Å². The summed E-state index contributed by atoms with van der Waals surface area (Å²) in [6.07, 6.45) is 0.822. The first kappa shape index (κ1) is 12.6. The van der Waals surface area contributed by atoms with E-state index in [2.05, 4.69) is 4.40 Å². The van der Waals surface area contributed by atoms with Crippen molar-refractivity contribution >= 4 is 28.0 Å². The summed E-state index contributed by atoms with van der Waals surface area (Å²) in [4.78, 5) is 1.12. The van der Waals surface area contributed by atoms with E-state index in [1.54, 1.807) is 11.3 Å². The van der Waals surface area contributed by atoms with Crippen LogP contribution in [-0.2, 0) is 11.0 Å². The van der Waals surface area contributed by atoms with E-state index in [0.29, 0.717) is 0 Å². The highest BCUT2D eigenvalue weighted by Crippen LogP contribution is 2.17. The molecule has 0 aliphatic carbocycles. The smallest absolute Gasteiger partial charge is 0.145 e. The molecule has 2 nitrogen and oxygen atoms in total. The second kappa shape index (κ2) is 5.03.